The van der Waals surface area contributed by atoms with Crippen LogP contribution in [0.3, 0.4) is 0 Å². The maximum atomic E-state index is 11.5. The Morgan fingerprint density at radius 2 is 2.09 bits per heavy atom. The number of nitrogens with one attached hydrogen (secondary N) is 2. The van der Waals surface area contributed by atoms with Crippen molar-refractivity contribution in [3.05, 3.63) is 42.1 Å². The minimum Gasteiger partial charge on any atom is -0.465 e. The molecule has 1 aliphatic rings. The van der Waals surface area contributed by atoms with Gasteiger partial charge in [0.05, 0.1) is 18.3 Å². The largest absolute Gasteiger partial charge is 0.465 e. The summed E-state index contributed by atoms with van der Waals surface area (Å²) in [5.74, 6) is 1.59. The second-order valence-corrected chi connectivity index (χ2v) is 9.71. The number of amides is 1. The number of anilines is 4. The number of nitrogens with two attached hydrogens (primary N) is 1. The predicted molar refractivity (Wildman–Crippen MR) is 131 cm³/mol. The SMILES string of the molecule is CCc1cnn2c(Nc3cccc(N)c3)cc(N3CCCC(NC(=O)O)C3C(C)(C)C)nc12. The summed E-state index contributed by atoms with van der Waals surface area (Å²) in [7, 11) is 0. The van der Waals surface area contributed by atoms with Gasteiger partial charge in [-0.05, 0) is 42.9 Å². The van der Waals surface area contributed by atoms with E-state index in [1.165, 1.54) is 0 Å². The Labute approximate surface area is 194 Å². The van der Waals surface area contributed by atoms with E-state index in [0.717, 1.165) is 54.3 Å². The molecule has 176 valence electrons. The van der Waals surface area contributed by atoms with Gasteiger partial charge in [0, 0.05) is 29.5 Å². The zero-order valence-electron chi connectivity index (χ0n) is 19.7. The lowest BCUT2D eigenvalue weighted by atomic mass is 9.77. The molecule has 3 aromatic rings. The molecule has 0 aliphatic carbocycles. The van der Waals surface area contributed by atoms with Crippen molar-refractivity contribution < 1.29 is 9.90 Å². The number of carbonyl (C=O) groups is 1. The van der Waals surface area contributed by atoms with Gasteiger partial charge >= 0.3 is 6.09 Å². The number of hydrogen-bond donors (Lipinski definition) is 4. The Hall–Kier alpha value is -3.49. The number of rotatable bonds is 5. The van der Waals surface area contributed by atoms with Crippen LogP contribution in [-0.2, 0) is 6.42 Å². The average Bonchev–Trinajstić information content (AvgIpc) is 3.16. The molecular weight excluding hydrogens is 418 g/mol. The van der Waals surface area contributed by atoms with E-state index in [-0.39, 0.29) is 17.5 Å². The third-order valence-corrected chi connectivity index (χ3v) is 6.19. The Morgan fingerprint density at radius 1 is 1.30 bits per heavy atom. The summed E-state index contributed by atoms with van der Waals surface area (Å²) in [6.45, 7) is 9.33. The highest BCUT2D eigenvalue weighted by atomic mass is 16.4. The van der Waals surface area contributed by atoms with Crippen LogP contribution in [0.4, 0.5) is 27.8 Å². The first-order chi connectivity index (χ1) is 15.7. The highest BCUT2D eigenvalue weighted by Crippen LogP contribution is 2.36. The first-order valence-electron chi connectivity index (χ1n) is 11.4. The summed E-state index contributed by atoms with van der Waals surface area (Å²) in [6, 6.07) is 9.34. The van der Waals surface area contributed by atoms with Gasteiger partial charge in [0.15, 0.2) is 5.65 Å². The van der Waals surface area contributed by atoms with Crippen molar-refractivity contribution in [2.75, 3.05) is 22.5 Å². The minimum absolute atomic E-state index is 0.0504. The van der Waals surface area contributed by atoms with E-state index >= 15 is 0 Å². The molecule has 1 saturated heterocycles. The molecule has 1 amide bonds. The van der Waals surface area contributed by atoms with Crippen LogP contribution in [0.1, 0.15) is 46.1 Å². The standard InChI is InChI=1S/C24H33N7O2/c1-5-15-14-26-31-20(27-17-9-6-8-16(25)12-17)13-19(29-22(15)31)30-11-7-10-18(28-23(32)33)21(30)24(2,3)4/h6,8-9,12-14,18,21,27-28H,5,7,10-11,25H2,1-4H3,(H,32,33). The van der Waals surface area contributed by atoms with Crippen molar-refractivity contribution in [1.29, 1.82) is 0 Å². The summed E-state index contributed by atoms with van der Waals surface area (Å²) < 4.78 is 1.81. The number of aryl methyl sites for hydroxylation is 1. The van der Waals surface area contributed by atoms with Crippen molar-refractivity contribution in [3.63, 3.8) is 0 Å². The van der Waals surface area contributed by atoms with Gasteiger partial charge in [0.25, 0.3) is 0 Å². The molecule has 1 aromatic carbocycles. The molecule has 3 heterocycles. The maximum absolute atomic E-state index is 11.5. The van der Waals surface area contributed by atoms with Crippen molar-refractivity contribution in [3.8, 4) is 0 Å². The molecule has 5 N–H and O–H groups in total. The molecule has 0 bridgehead atoms. The zero-order valence-corrected chi connectivity index (χ0v) is 19.7. The Kier molecular flexibility index (Phi) is 6.05. The van der Waals surface area contributed by atoms with Gasteiger partial charge in [-0.3, -0.25) is 0 Å². The molecule has 9 nitrogen and oxygen atoms in total. The van der Waals surface area contributed by atoms with Crippen LogP contribution in [0.25, 0.3) is 5.65 Å². The number of carboxylic acid groups (broad SMARTS) is 1. The van der Waals surface area contributed by atoms with E-state index in [1.54, 1.807) is 0 Å². The highest BCUT2D eigenvalue weighted by Gasteiger charge is 2.41. The van der Waals surface area contributed by atoms with Crippen molar-refractivity contribution in [2.24, 2.45) is 5.41 Å². The van der Waals surface area contributed by atoms with Crippen LogP contribution >= 0.6 is 0 Å². The average molecular weight is 452 g/mol. The third-order valence-electron chi connectivity index (χ3n) is 6.19. The quantitative estimate of drug-likeness (QED) is 0.428. The lowest BCUT2D eigenvalue weighted by Crippen LogP contribution is -2.60. The molecule has 2 atom stereocenters. The molecular formula is C24H33N7O2. The molecule has 0 saturated carbocycles. The van der Waals surface area contributed by atoms with Crippen LogP contribution in [0.2, 0.25) is 0 Å². The summed E-state index contributed by atoms with van der Waals surface area (Å²) in [5, 5.41) is 20.2. The van der Waals surface area contributed by atoms with Crippen molar-refractivity contribution >= 4 is 34.8 Å². The van der Waals surface area contributed by atoms with Gasteiger partial charge in [0.2, 0.25) is 0 Å². The summed E-state index contributed by atoms with van der Waals surface area (Å²) in [6.07, 6.45) is 3.34. The van der Waals surface area contributed by atoms with E-state index in [9.17, 15) is 9.90 Å². The summed E-state index contributed by atoms with van der Waals surface area (Å²) in [4.78, 5) is 18.8. The van der Waals surface area contributed by atoms with E-state index < -0.39 is 6.09 Å². The topological polar surface area (TPSA) is 121 Å². The molecule has 4 rings (SSSR count). The molecule has 9 heteroatoms. The maximum Gasteiger partial charge on any atom is 0.404 e. The number of fused-ring (bicyclic) bond motifs is 1. The number of piperidine rings is 1. The van der Waals surface area contributed by atoms with Crippen LogP contribution in [-0.4, -0.2) is 44.4 Å². The normalized spacial score (nSPS) is 19.0. The molecule has 2 aromatic heterocycles. The minimum atomic E-state index is -0.993. The van der Waals surface area contributed by atoms with Gasteiger partial charge in [-0.25, -0.2) is 9.78 Å². The second kappa shape index (κ2) is 8.80. The fourth-order valence-electron chi connectivity index (χ4n) is 4.88. The number of nitrogen functional groups attached to an aromatic ring is 1. The highest BCUT2D eigenvalue weighted by molar-refractivity contribution is 5.68. The number of nitrogens with zero attached hydrogens (tertiary/aromatic N) is 4. The Bertz CT molecular complexity index is 1150. The van der Waals surface area contributed by atoms with Crippen LogP contribution < -0.4 is 21.3 Å². The molecule has 1 aliphatic heterocycles. The lowest BCUT2D eigenvalue weighted by molar-refractivity contribution is 0.166. The fourth-order valence-corrected chi connectivity index (χ4v) is 4.88. The number of aromatic nitrogens is 3. The smallest absolute Gasteiger partial charge is 0.404 e. The second-order valence-electron chi connectivity index (χ2n) is 9.71. The zero-order chi connectivity index (χ0) is 23.8. The van der Waals surface area contributed by atoms with E-state index in [2.05, 4.69) is 48.3 Å². The van der Waals surface area contributed by atoms with Gasteiger partial charge in [-0.2, -0.15) is 9.61 Å². The number of benzene rings is 1. The van der Waals surface area contributed by atoms with Gasteiger partial charge in [-0.1, -0.05) is 33.8 Å². The predicted octanol–water partition coefficient (Wildman–Crippen LogP) is 4.27. The summed E-state index contributed by atoms with van der Waals surface area (Å²) >= 11 is 0. The lowest BCUT2D eigenvalue weighted by Gasteiger charge is -2.48. The Morgan fingerprint density at radius 3 is 2.76 bits per heavy atom. The number of hydrogen-bond acceptors (Lipinski definition) is 6. The third kappa shape index (κ3) is 4.67. The molecule has 33 heavy (non-hydrogen) atoms. The van der Waals surface area contributed by atoms with E-state index in [0.29, 0.717) is 5.69 Å². The Balaban J connectivity index is 1.82. The van der Waals surface area contributed by atoms with Crippen LogP contribution in [0.15, 0.2) is 36.5 Å². The monoisotopic (exact) mass is 451 g/mol. The molecule has 0 radical (unpaired) electrons. The molecule has 0 spiro atoms. The summed E-state index contributed by atoms with van der Waals surface area (Å²) in [5.41, 5.74) is 9.19. The van der Waals surface area contributed by atoms with Crippen LogP contribution in [0, 0.1) is 5.41 Å². The first kappa shape index (κ1) is 22.7. The van der Waals surface area contributed by atoms with E-state index in [4.69, 9.17) is 10.7 Å². The molecule has 1 fully saturated rings. The molecule has 2 unspecified atom stereocenters. The van der Waals surface area contributed by atoms with Gasteiger partial charge in [0.1, 0.15) is 11.6 Å². The van der Waals surface area contributed by atoms with Crippen molar-refractivity contribution in [2.45, 2.75) is 59.0 Å². The van der Waals surface area contributed by atoms with Gasteiger partial charge < -0.3 is 26.4 Å². The van der Waals surface area contributed by atoms with Gasteiger partial charge in [-0.15, -0.1) is 0 Å². The van der Waals surface area contributed by atoms with E-state index in [1.807, 2.05) is 41.0 Å². The van der Waals surface area contributed by atoms with Crippen LogP contribution in [0.5, 0.6) is 0 Å². The first-order valence-corrected chi connectivity index (χ1v) is 11.4. The fraction of sp³-hybridized carbons (Fsp3) is 0.458. The van der Waals surface area contributed by atoms with Crippen molar-refractivity contribution in [1.82, 2.24) is 19.9 Å².